The van der Waals surface area contributed by atoms with E-state index in [0.717, 1.165) is 0 Å². The fourth-order valence-corrected chi connectivity index (χ4v) is 1.08. The van der Waals surface area contributed by atoms with Crippen LogP contribution in [0.15, 0.2) is 24.3 Å². The van der Waals surface area contributed by atoms with E-state index in [1.54, 1.807) is 24.3 Å². The van der Waals surface area contributed by atoms with Gasteiger partial charge in [0.05, 0.1) is 12.0 Å². The molecular formula is C9H9ClNO2-. The van der Waals surface area contributed by atoms with Gasteiger partial charge in [0.1, 0.15) is 0 Å². The highest BCUT2D eigenvalue weighted by Crippen LogP contribution is 2.15. The summed E-state index contributed by atoms with van der Waals surface area (Å²) < 4.78 is 0. The molecule has 0 aromatic heterocycles. The quantitative estimate of drug-likeness (QED) is 0.785. The summed E-state index contributed by atoms with van der Waals surface area (Å²) in [5.74, 6) is -1.14. The molecule has 0 amide bonds. The number of carboxylic acids is 1. The second-order valence-corrected chi connectivity index (χ2v) is 3.13. The zero-order valence-electron chi connectivity index (χ0n) is 7.08. The summed E-state index contributed by atoms with van der Waals surface area (Å²) in [5, 5.41) is 13.7. The SMILES string of the molecule is C[C@@H](Nc1cccc(Cl)c1)C(=O)[O-]. The van der Waals surface area contributed by atoms with Crippen LogP contribution in [0.2, 0.25) is 5.02 Å². The Morgan fingerprint density at radius 1 is 1.62 bits per heavy atom. The van der Waals surface area contributed by atoms with Gasteiger partial charge < -0.3 is 15.2 Å². The molecular weight excluding hydrogens is 190 g/mol. The first-order valence-electron chi connectivity index (χ1n) is 3.82. The number of carbonyl (C=O) groups is 1. The van der Waals surface area contributed by atoms with Crippen molar-refractivity contribution in [3.8, 4) is 0 Å². The molecule has 3 nitrogen and oxygen atoms in total. The van der Waals surface area contributed by atoms with Crippen molar-refractivity contribution < 1.29 is 9.90 Å². The van der Waals surface area contributed by atoms with Crippen molar-refractivity contribution in [3.05, 3.63) is 29.3 Å². The standard InChI is InChI=1S/C9H10ClNO2/c1-6(9(12)13)11-8-4-2-3-7(10)5-8/h2-6,11H,1H3,(H,12,13)/p-1/t6-/m1/s1. The van der Waals surface area contributed by atoms with Crippen molar-refractivity contribution in [2.24, 2.45) is 0 Å². The third-order valence-corrected chi connectivity index (χ3v) is 1.80. The summed E-state index contributed by atoms with van der Waals surface area (Å²) in [6.45, 7) is 1.51. The smallest absolute Gasteiger partial charge is 0.0634 e. The number of aliphatic carboxylic acids is 1. The lowest BCUT2D eigenvalue weighted by Crippen LogP contribution is -2.38. The predicted molar refractivity (Wildman–Crippen MR) is 49.5 cm³/mol. The molecule has 0 unspecified atom stereocenters. The van der Waals surface area contributed by atoms with Crippen molar-refractivity contribution in [3.63, 3.8) is 0 Å². The summed E-state index contributed by atoms with van der Waals surface area (Å²) in [6.07, 6.45) is 0. The summed E-state index contributed by atoms with van der Waals surface area (Å²) >= 11 is 5.70. The molecule has 0 heterocycles. The summed E-state index contributed by atoms with van der Waals surface area (Å²) in [4.78, 5) is 10.4. The maximum atomic E-state index is 10.4. The minimum absolute atomic E-state index is 0.565. The highest BCUT2D eigenvalue weighted by molar-refractivity contribution is 6.30. The topological polar surface area (TPSA) is 52.2 Å². The number of hydrogen-bond acceptors (Lipinski definition) is 3. The number of halogens is 1. The van der Waals surface area contributed by atoms with Gasteiger partial charge in [0.25, 0.3) is 0 Å². The molecule has 1 rings (SSSR count). The molecule has 0 radical (unpaired) electrons. The Hall–Kier alpha value is -1.22. The first-order chi connectivity index (χ1) is 6.09. The third kappa shape index (κ3) is 2.95. The van der Waals surface area contributed by atoms with Gasteiger partial charge in [-0.2, -0.15) is 0 Å². The lowest BCUT2D eigenvalue weighted by atomic mass is 10.2. The molecule has 13 heavy (non-hydrogen) atoms. The molecule has 70 valence electrons. The van der Waals surface area contributed by atoms with Crippen molar-refractivity contribution in [1.29, 1.82) is 0 Å². The first-order valence-corrected chi connectivity index (χ1v) is 4.20. The Morgan fingerprint density at radius 2 is 2.31 bits per heavy atom. The normalized spacial score (nSPS) is 12.2. The number of nitrogens with one attached hydrogen (secondary N) is 1. The van der Waals surface area contributed by atoms with E-state index in [9.17, 15) is 9.90 Å². The van der Waals surface area contributed by atoms with Gasteiger partial charge in [-0.05, 0) is 25.1 Å². The van der Waals surface area contributed by atoms with E-state index in [0.29, 0.717) is 10.7 Å². The Bertz CT molecular complexity index is 314. The molecule has 1 aromatic carbocycles. The lowest BCUT2D eigenvalue weighted by molar-refractivity contribution is -0.306. The van der Waals surface area contributed by atoms with Gasteiger partial charge in [0, 0.05) is 10.7 Å². The fraction of sp³-hybridized carbons (Fsp3) is 0.222. The van der Waals surface area contributed by atoms with Crippen LogP contribution in [0.1, 0.15) is 6.92 Å². The predicted octanol–water partition coefficient (Wildman–Crippen LogP) is 0.890. The monoisotopic (exact) mass is 198 g/mol. The van der Waals surface area contributed by atoms with E-state index in [4.69, 9.17) is 11.6 Å². The van der Waals surface area contributed by atoms with Crippen LogP contribution in [-0.2, 0) is 4.79 Å². The van der Waals surface area contributed by atoms with Crippen LogP contribution >= 0.6 is 11.6 Å². The van der Waals surface area contributed by atoms with Crippen molar-refractivity contribution in [2.45, 2.75) is 13.0 Å². The molecule has 4 heteroatoms. The van der Waals surface area contributed by atoms with Crippen molar-refractivity contribution in [1.82, 2.24) is 0 Å². The molecule has 1 aromatic rings. The molecule has 1 N–H and O–H groups in total. The summed E-state index contributed by atoms with van der Waals surface area (Å²) in [6, 6.07) is 6.13. The van der Waals surface area contributed by atoms with Crippen LogP contribution in [0.25, 0.3) is 0 Å². The van der Waals surface area contributed by atoms with Crippen LogP contribution in [0.3, 0.4) is 0 Å². The van der Waals surface area contributed by atoms with E-state index in [2.05, 4.69) is 5.32 Å². The zero-order valence-corrected chi connectivity index (χ0v) is 7.84. The number of hydrogen-bond donors (Lipinski definition) is 1. The Morgan fingerprint density at radius 3 is 2.85 bits per heavy atom. The van der Waals surface area contributed by atoms with Gasteiger partial charge >= 0.3 is 0 Å². The molecule has 0 aliphatic rings. The average molecular weight is 199 g/mol. The summed E-state index contributed by atoms with van der Waals surface area (Å²) in [7, 11) is 0. The molecule has 0 saturated carbocycles. The van der Waals surface area contributed by atoms with Gasteiger partial charge in [-0.3, -0.25) is 0 Å². The van der Waals surface area contributed by atoms with Crippen molar-refractivity contribution >= 4 is 23.3 Å². The molecule has 0 bridgehead atoms. The number of carbonyl (C=O) groups excluding carboxylic acids is 1. The van der Waals surface area contributed by atoms with Crippen LogP contribution in [0.4, 0.5) is 5.69 Å². The first kappa shape index (κ1) is 9.86. The second-order valence-electron chi connectivity index (χ2n) is 2.70. The zero-order chi connectivity index (χ0) is 9.84. The summed E-state index contributed by atoms with van der Waals surface area (Å²) in [5.41, 5.74) is 0.671. The van der Waals surface area contributed by atoms with Gasteiger partial charge in [0.2, 0.25) is 0 Å². The van der Waals surface area contributed by atoms with Gasteiger partial charge in [-0.1, -0.05) is 17.7 Å². The minimum atomic E-state index is -1.14. The van der Waals surface area contributed by atoms with E-state index < -0.39 is 12.0 Å². The van der Waals surface area contributed by atoms with Gasteiger partial charge in [-0.15, -0.1) is 0 Å². The van der Waals surface area contributed by atoms with Gasteiger partial charge in [0.15, 0.2) is 0 Å². The fourth-order valence-electron chi connectivity index (χ4n) is 0.887. The molecule has 0 aliphatic carbocycles. The van der Waals surface area contributed by atoms with E-state index in [1.165, 1.54) is 6.92 Å². The van der Waals surface area contributed by atoms with Crippen LogP contribution in [0, 0.1) is 0 Å². The van der Waals surface area contributed by atoms with Crippen LogP contribution in [0.5, 0.6) is 0 Å². The van der Waals surface area contributed by atoms with Crippen molar-refractivity contribution in [2.75, 3.05) is 5.32 Å². The van der Waals surface area contributed by atoms with Crippen LogP contribution in [-0.4, -0.2) is 12.0 Å². The molecule has 1 atom stereocenters. The highest BCUT2D eigenvalue weighted by Gasteiger charge is 2.01. The molecule has 0 spiro atoms. The molecule has 0 saturated heterocycles. The Balaban J connectivity index is 2.69. The maximum Gasteiger partial charge on any atom is 0.0634 e. The van der Waals surface area contributed by atoms with Crippen LogP contribution < -0.4 is 10.4 Å². The largest absolute Gasteiger partial charge is 0.548 e. The number of anilines is 1. The third-order valence-electron chi connectivity index (χ3n) is 1.56. The van der Waals surface area contributed by atoms with E-state index >= 15 is 0 Å². The Kier molecular flexibility index (Phi) is 3.14. The average Bonchev–Trinajstić information content (AvgIpc) is 2.04. The minimum Gasteiger partial charge on any atom is -0.548 e. The molecule has 0 fully saturated rings. The Labute approximate surface area is 81.3 Å². The second kappa shape index (κ2) is 4.14. The maximum absolute atomic E-state index is 10.4. The number of rotatable bonds is 3. The number of carboxylic acid groups (broad SMARTS) is 1. The lowest BCUT2D eigenvalue weighted by Gasteiger charge is -2.15. The van der Waals surface area contributed by atoms with E-state index in [1.807, 2.05) is 0 Å². The van der Waals surface area contributed by atoms with Gasteiger partial charge in [-0.25, -0.2) is 0 Å². The van der Waals surface area contributed by atoms with E-state index in [-0.39, 0.29) is 0 Å². The molecule has 0 aliphatic heterocycles. The number of benzene rings is 1. The highest BCUT2D eigenvalue weighted by atomic mass is 35.5.